The van der Waals surface area contributed by atoms with Crippen molar-refractivity contribution in [1.29, 1.82) is 0 Å². The Morgan fingerprint density at radius 2 is 2.07 bits per heavy atom. The minimum absolute atomic E-state index is 0.285. The number of primary amides is 1. The van der Waals surface area contributed by atoms with Crippen molar-refractivity contribution in [2.45, 2.75) is 6.61 Å². The molecule has 0 saturated carbocycles. The molecule has 0 atom stereocenters. The summed E-state index contributed by atoms with van der Waals surface area (Å²) in [6, 6.07) is 2.58. The molecule has 0 heterocycles. The third kappa shape index (κ3) is 2.38. The molecule has 0 unspecified atom stereocenters. The molecule has 1 amide bonds. The first kappa shape index (κ1) is 10.4. The van der Waals surface area contributed by atoms with E-state index in [0.717, 1.165) is 12.1 Å². The molecular weight excluding hydrogens is 199 g/mol. The van der Waals surface area contributed by atoms with Crippen molar-refractivity contribution in [3.63, 3.8) is 0 Å². The van der Waals surface area contributed by atoms with Crippen LogP contribution in [0, 0.1) is 5.82 Å². The largest absolute Gasteiger partial charge is 0.434 e. The lowest BCUT2D eigenvalue weighted by atomic mass is 10.2. The number of nitrogens with two attached hydrogens (primary N) is 1. The van der Waals surface area contributed by atoms with E-state index in [0.29, 0.717) is 6.07 Å². The number of ether oxygens (including phenoxy) is 1. The van der Waals surface area contributed by atoms with E-state index in [2.05, 4.69) is 4.74 Å². The lowest BCUT2D eigenvalue weighted by Gasteiger charge is -2.07. The van der Waals surface area contributed by atoms with E-state index in [4.69, 9.17) is 5.73 Å². The molecule has 0 aliphatic heterocycles. The molecular formula is C8H6F3NO2. The van der Waals surface area contributed by atoms with Crippen LogP contribution in [0.25, 0.3) is 0 Å². The zero-order valence-corrected chi connectivity index (χ0v) is 6.84. The molecule has 14 heavy (non-hydrogen) atoms. The molecule has 0 aromatic heterocycles. The van der Waals surface area contributed by atoms with Crippen LogP contribution < -0.4 is 10.5 Å². The Kier molecular flexibility index (Phi) is 2.95. The number of amides is 1. The molecule has 0 bridgehead atoms. The van der Waals surface area contributed by atoms with Crippen LogP contribution in [0.4, 0.5) is 13.2 Å². The molecule has 1 rings (SSSR count). The fourth-order valence-corrected chi connectivity index (χ4v) is 0.893. The zero-order chi connectivity index (χ0) is 10.7. The number of benzene rings is 1. The van der Waals surface area contributed by atoms with E-state index in [1.165, 1.54) is 0 Å². The minimum Gasteiger partial charge on any atom is -0.434 e. The van der Waals surface area contributed by atoms with Gasteiger partial charge in [-0.3, -0.25) is 4.79 Å². The lowest BCUT2D eigenvalue weighted by Crippen LogP contribution is -2.14. The highest BCUT2D eigenvalue weighted by atomic mass is 19.3. The number of halogens is 3. The second-order valence-corrected chi connectivity index (χ2v) is 2.38. The van der Waals surface area contributed by atoms with Crippen LogP contribution in [0.5, 0.6) is 5.75 Å². The number of carbonyl (C=O) groups is 1. The van der Waals surface area contributed by atoms with Crippen LogP contribution in [-0.4, -0.2) is 12.5 Å². The van der Waals surface area contributed by atoms with Gasteiger partial charge >= 0.3 is 6.61 Å². The van der Waals surface area contributed by atoms with Gasteiger partial charge in [0.15, 0.2) is 0 Å². The van der Waals surface area contributed by atoms with Gasteiger partial charge < -0.3 is 10.5 Å². The first-order valence-electron chi connectivity index (χ1n) is 3.55. The van der Waals surface area contributed by atoms with Gasteiger partial charge in [0.25, 0.3) is 5.91 Å². The van der Waals surface area contributed by atoms with E-state index in [9.17, 15) is 18.0 Å². The highest BCUT2D eigenvalue weighted by molar-refractivity contribution is 5.95. The summed E-state index contributed by atoms with van der Waals surface area (Å²) in [5, 5.41) is 0. The van der Waals surface area contributed by atoms with Gasteiger partial charge in [-0.2, -0.15) is 8.78 Å². The predicted molar refractivity (Wildman–Crippen MR) is 41.5 cm³/mol. The van der Waals surface area contributed by atoms with Gasteiger partial charge in [-0.15, -0.1) is 0 Å². The van der Waals surface area contributed by atoms with Gasteiger partial charge in [-0.1, -0.05) is 0 Å². The molecule has 0 aliphatic carbocycles. The molecule has 3 nitrogen and oxygen atoms in total. The summed E-state index contributed by atoms with van der Waals surface area (Å²) < 4.78 is 40.1. The van der Waals surface area contributed by atoms with Gasteiger partial charge in [0.1, 0.15) is 11.6 Å². The summed E-state index contributed by atoms with van der Waals surface area (Å²) >= 11 is 0. The first-order valence-corrected chi connectivity index (χ1v) is 3.55. The van der Waals surface area contributed by atoms with E-state index in [-0.39, 0.29) is 5.56 Å². The molecule has 1 aromatic carbocycles. The molecule has 0 aliphatic rings. The smallest absolute Gasteiger partial charge is 0.387 e. The topological polar surface area (TPSA) is 52.3 Å². The monoisotopic (exact) mass is 205 g/mol. The first-order chi connectivity index (χ1) is 6.50. The number of alkyl halides is 2. The lowest BCUT2D eigenvalue weighted by molar-refractivity contribution is -0.0502. The van der Waals surface area contributed by atoms with Crippen molar-refractivity contribution in [1.82, 2.24) is 0 Å². The Labute approximate surface area is 77.3 Å². The SMILES string of the molecule is NC(=O)c1ccc(F)cc1OC(F)F. The van der Waals surface area contributed by atoms with E-state index < -0.39 is 24.1 Å². The molecule has 1 aromatic rings. The van der Waals surface area contributed by atoms with E-state index >= 15 is 0 Å². The predicted octanol–water partition coefficient (Wildman–Crippen LogP) is 1.53. The number of hydrogen-bond acceptors (Lipinski definition) is 2. The van der Waals surface area contributed by atoms with Crippen LogP contribution in [0.2, 0.25) is 0 Å². The summed E-state index contributed by atoms with van der Waals surface area (Å²) in [5.41, 5.74) is 4.57. The molecule has 76 valence electrons. The highest BCUT2D eigenvalue weighted by Gasteiger charge is 2.14. The van der Waals surface area contributed by atoms with Gasteiger partial charge in [-0.25, -0.2) is 4.39 Å². The van der Waals surface area contributed by atoms with E-state index in [1.54, 1.807) is 0 Å². The maximum atomic E-state index is 12.6. The molecule has 2 N–H and O–H groups in total. The second-order valence-electron chi connectivity index (χ2n) is 2.38. The summed E-state index contributed by atoms with van der Waals surface area (Å²) in [6.45, 7) is -3.13. The third-order valence-corrected chi connectivity index (χ3v) is 1.43. The van der Waals surface area contributed by atoms with E-state index in [1.807, 2.05) is 0 Å². The van der Waals surface area contributed by atoms with Crippen molar-refractivity contribution in [3.8, 4) is 5.75 Å². The molecule has 0 fully saturated rings. The minimum atomic E-state index is -3.13. The number of rotatable bonds is 3. The standard InChI is InChI=1S/C8H6F3NO2/c9-4-1-2-5(7(12)13)6(3-4)14-8(10)11/h1-3,8H,(H2,12,13). The van der Waals surface area contributed by atoms with Crippen molar-refractivity contribution >= 4 is 5.91 Å². The summed E-state index contributed by atoms with van der Waals surface area (Å²) in [5.74, 6) is -2.31. The van der Waals surface area contributed by atoms with Gasteiger partial charge in [0.2, 0.25) is 0 Å². The maximum absolute atomic E-state index is 12.6. The van der Waals surface area contributed by atoms with Crippen LogP contribution in [0.3, 0.4) is 0 Å². The van der Waals surface area contributed by atoms with Crippen LogP contribution >= 0.6 is 0 Å². The second kappa shape index (κ2) is 3.99. The van der Waals surface area contributed by atoms with Crippen molar-refractivity contribution in [3.05, 3.63) is 29.6 Å². The Morgan fingerprint density at radius 3 is 2.57 bits per heavy atom. The molecule has 0 saturated heterocycles. The van der Waals surface area contributed by atoms with Crippen molar-refractivity contribution < 1.29 is 22.7 Å². The van der Waals surface area contributed by atoms with Gasteiger partial charge in [0, 0.05) is 6.07 Å². The zero-order valence-electron chi connectivity index (χ0n) is 6.84. The summed E-state index contributed by atoms with van der Waals surface area (Å²) in [4.78, 5) is 10.7. The van der Waals surface area contributed by atoms with Crippen molar-refractivity contribution in [2.24, 2.45) is 5.73 Å². The van der Waals surface area contributed by atoms with Crippen LogP contribution in [0.1, 0.15) is 10.4 Å². The van der Waals surface area contributed by atoms with Crippen LogP contribution in [0.15, 0.2) is 18.2 Å². The summed E-state index contributed by atoms with van der Waals surface area (Å²) in [7, 11) is 0. The van der Waals surface area contributed by atoms with Crippen LogP contribution in [-0.2, 0) is 0 Å². The fraction of sp³-hybridized carbons (Fsp3) is 0.125. The fourth-order valence-electron chi connectivity index (χ4n) is 0.893. The average molecular weight is 205 g/mol. The summed E-state index contributed by atoms with van der Waals surface area (Å²) in [6.07, 6.45) is 0. The third-order valence-electron chi connectivity index (χ3n) is 1.43. The van der Waals surface area contributed by atoms with Gasteiger partial charge in [-0.05, 0) is 12.1 Å². The molecule has 0 radical (unpaired) electrons. The Bertz CT molecular complexity index is 354. The average Bonchev–Trinajstić information content (AvgIpc) is 2.01. The molecule has 0 spiro atoms. The Hall–Kier alpha value is -1.72. The Morgan fingerprint density at radius 1 is 1.43 bits per heavy atom. The Balaban J connectivity index is 3.09. The van der Waals surface area contributed by atoms with Crippen molar-refractivity contribution in [2.75, 3.05) is 0 Å². The maximum Gasteiger partial charge on any atom is 0.387 e. The molecule has 6 heteroatoms. The quantitative estimate of drug-likeness (QED) is 0.813. The highest BCUT2D eigenvalue weighted by Crippen LogP contribution is 2.21. The van der Waals surface area contributed by atoms with Gasteiger partial charge in [0.05, 0.1) is 5.56 Å². The normalized spacial score (nSPS) is 10.3. The number of carbonyl (C=O) groups excluding carboxylic acids is 1. The number of hydrogen-bond donors (Lipinski definition) is 1.